The van der Waals surface area contributed by atoms with Crippen LogP contribution in [0.4, 0.5) is 0 Å². The van der Waals surface area contributed by atoms with Crippen LogP contribution in [0, 0.1) is 0 Å². The summed E-state index contributed by atoms with van der Waals surface area (Å²) in [5.41, 5.74) is -0.943. The Morgan fingerprint density at radius 3 is 2.78 bits per heavy atom. The number of aromatic nitrogens is 2. The van der Waals surface area contributed by atoms with Crippen LogP contribution in [0.2, 0.25) is 0 Å². The monoisotopic (exact) mass is 257 g/mol. The first kappa shape index (κ1) is 14.1. The topological polar surface area (TPSA) is 124 Å². The van der Waals surface area contributed by atoms with Crippen molar-refractivity contribution in [3.63, 3.8) is 0 Å². The maximum Gasteiger partial charge on any atom is 0.325 e. The van der Waals surface area contributed by atoms with E-state index >= 15 is 0 Å². The van der Waals surface area contributed by atoms with Crippen LogP contribution < -0.4 is 16.6 Å². The van der Waals surface area contributed by atoms with Crippen molar-refractivity contribution in [3.8, 4) is 0 Å². The third-order valence-corrected chi connectivity index (χ3v) is 1.97. The smallest absolute Gasteiger partial charge is 0.325 e. The zero-order valence-corrected chi connectivity index (χ0v) is 9.69. The van der Waals surface area contributed by atoms with Gasteiger partial charge in [-0.15, -0.1) is 0 Å². The molecule has 4 N–H and O–H groups in total. The summed E-state index contributed by atoms with van der Waals surface area (Å²) >= 11 is 0. The molecule has 8 heteroatoms. The van der Waals surface area contributed by atoms with Crippen LogP contribution in [-0.2, 0) is 16.0 Å². The van der Waals surface area contributed by atoms with Gasteiger partial charge in [0.2, 0.25) is 5.91 Å². The molecule has 1 aromatic heterocycles. The second kappa shape index (κ2) is 7.41. The van der Waals surface area contributed by atoms with Gasteiger partial charge in [-0.1, -0.05) is 0 Å². The Morgan fingerprint density at radius 2 is 2.11 bits per heavy atom. The summed E-state index contributed by atoms with van der Waals surface area (Å²) in [7, 11) is 0. The molecule has 0 bridgehead atoms. The molecular weight excluding hydrogens is 242 g/mol. The van der Waals surface area contributed by atoms with E-state index in [0.717, 1.165) is 6.07 Å². The van der Waals surface area contributed by atoms with E-state index in [9.17, 15) is 14.4 Å². The third kappa shape index (κ3) is 5.41. The molecule has 0 saturated heterocycles. The molecule has 0 aliphatic carbocycles. The molecule has 100 valence electrons. The van der Waals surface area contributed by atoms with Crippen LogP contribution >= 0.6 is 0 Å². The number of H-pyrrole nitrogens is 2. The number of hydrogen-bond acceptors (Lipinski definition) is 5. The minimum Gasteiger partial charge on any atom is -0.394 e. The molecule has 0 fully saturated rings. The molecule has 0 aliphatic rings. The van der Waals surface area contributed by atoms with Gasteiger partial charge < -0.3 is 20.1 Å². The Bertz CT molecular complexity index is 465. The number of ether oxygens (including phenoxy) is 1. The van der Waals surface area contributed by atoms with Gasteiger partial charge in [0.25, 0.3) is 5.56 Å². The average Bonchev–Trinajstić information content (AvgIpc) is 2.27. The fraction of sp³-hybridized carbons (Fsp3) is 0.500. The number of carbonyl (C=O) groups is 1. The van der Waals surface area contributed by atoms with Gasteiger partial charge in [0.1, 0.15) is 0 Å². The molecule has 1 heterocycles. The lowest BCUT2D eigenvalue weighted by atomic mass is 10.3. The lowest BCUT2D eigenvalue weighted by Gasteiger charge is -2.05. The largest absolute Gasteiger partial charge is 0.394 e. The minimum absolute atomic E-state index is 0.0675. The average molecular weight is 257 g/mol. The Kier molecular flexibility index (Phi) is 5.81. The summed E-state index contributed by atoms with van der Waals surface area (Å²) in [5.74, 6) is -0.330. The third-order valence-electron chi connectivity index (χ3n) is 1.97. The normalized spacial score (nSPS) is 10.3. The Balaban J connectivity index is 2.35. The van der Waals surface area contributed by atoms with Gasteiger partial charge in [-0.05, 0) is 0 Å². The van der Waals surface area contributed by atoms with Crippen molar-refractivity contribution in [3.05, 3.63) is 32.6 Å². The van der Waals surface area contributed by atoms with Crippen LogP contribution in [0.1, 0.15) is 5.69 Å². The molecule has 0 saturated carbocycles. The highest BCUT2D eigenvalue weighted by molar-refractivity contribution is 5.77. The molecule has 0 spiro atoms. The van der Waals surface area contributed by atoms with Crippen LogP contribution in [0.3, 0.4) is 0 Å². The second-order valence-corrected chi connectivity index (χ2v) is 3.48. The highest BCUT2D eigenvalue weighted by Crippen LogP contribution is 1.87. The highest BCUT2D eigenvalue weighted by Gasteiger charge is 2.04. The number of carbonyl (C=O) groups excluding carboxylic acids is 1. The van der Waals surface area contributed by atoms with Crippen LogP contribution in [0.5, 0.6) is 0 Å². The van der Waals surface area contributed by atoms with Crippen molar-refractivity contribution in [2.75, 3.05) is 26.4 Å². The first-order valence-electron chi connectivity index (χ1n) is 5.39. The molecule has 0 aliphatic heterocycles. The summed E-state index contributed by atoms with van der Waals surface area (Å²) in [4.78, 5) is 37.7. The van der Waals surface area contributed by atoms with Gasteiger partial charge in [0, 0.05) is 18.3 Å². The van der Waals surface area contributed by atoms with E-state index < -0.39 is 11.2 Å². The lowest BCUT2D eigenvalue weighted by Crippen LogP contribution is -2.31. The molecule has 1 aromatic rings. The van der Waals surface area contributed by atoms with E-state index in [2.05, 4.69) is 10.3 Å². The SMILES string of the molecule is O=C(Cc1cc(=O)[nH]c(=O)[nH]1)NCCOCCO. The standard InChI is InChI=1S/C10H15N3O5/c14-2-4-18-3-1-11-8(15)5-7-6-9(16)13-10(17)12-7/h6,14H,1-5H2,(H,11,15)(H2,12,13,16,17). The van der Waals surface area contributed by atoms with E-state index in [1.165, 1.54) is 0 Å². The highest BCUT2D eigenvalue weighted by atomic mass is 16.5. The van der Waals surface area contributed by atoms with Gasteiger partial charge in [0.05, 0.1) is 26.2 Å². The van der Waals surface area contributed by atoms with Crippen LogP contribution in [0.15, 0.2) is 15.7 Å². The zero-order chi connectivity index (χ0) is 13.4. The van der Waals surface area contributed by atoms with Gasteiger partial charge in [0.15, 0.2) is 0 Å². The summed E-state index contributed by atoms with van der Waals surface area (Å²) in [6.45, 7) is 0.740. The van der Waals surface area contributed by atoms with E-state index in [4.69, 9.17) is 9.84 Å². The van der Waals surface area contributed by atoms with Gasteiger partial charge in [-0.2, -0.15) is 0 Å². The molecule has 8 nitrogen and oxygen atoms in total. The fourth-order valence-electron chi connectivity index (χ4n) is 1.28. The van der Waals surface area contributed by atoms with Crippen molar-refractivity contribution < 1.29 is 14.6 Å². The number of amides is 1. The zero-order valence-electron chi connectivity index (χ0n) is 9.69. The molecule has 0 aromatic carbocycles. The first-order valence-corrected chi connectivity index (χ1v) is 5.39. The number of aromatic amines is 2. The Morgan fingerprint density at radius 1 is 1.33 bits per heavy atom. The Labute approximate surface area is 102 Å². The number of hydrogen-bond donors (Lipinski definition) is 4. The van der Waals surface area contributed by atoms with Crippen molar-refractivity contribution in [1.82, 2.24) is 15.3 Å². The van der Waals surface area contributed by atoms with E-state index in [0.29, 0.717) is 6.54 Å². The summed E-state index contributed by atoms with van der Waals surface area (Å²) in [6, 6.07) is 1.16. The number of aliphatic hydroxyl groups is 1. The molecule has 1 amide bonds. The molecule has 0 atom stereocenters. The fourth-order valence-corrected chi connectivity index (χ4v) is 1.28. The maximum absolute atomic E-state index is 11.4. The molecule has 1 rings (SSSR count). The van der Waals surface area contributed by atoms with Gasteiger partial charge in [-0.3, -0.25) is 14.6 Å². The van der Waals surface area contributed by atoms with Crippen molar-refractivity contribution in [1.29, 1.82) is 0 Å². The van der Waals surface area contributed by atoms with Crippen LogP contribution in [-0.4, -0.2) is 47.3 Å². The summed E-state index contributed by atoms with van der Waals surface area (Å²) in [6.07, 6.45) is -0.0842. The predicted octanol–water partition coefficient (Wildman–Crippen LogP) is -2.27. The van der Waals surface area contributed by atoms with Crippen LogP contribution in [0.25, 0.3) is 0 Å². The van der Waals surface area contributed by atoms with Crippen molar-refractivity contribution >= 4 is 5.91 Å². The predicted molar refractivity (Wildman–Crippen MR) is 62.3 cm³/mol. The van der Waals surface area contributed by atoms with Gasteiger partial charge in [-0.25, -0.2) is 4.79 Å². The lowest BCUT2D eigenvalue weighted by molar-refractivity contribution is -0.120. The van der Waals surface area contributed by atoms with Crippen molar-refractivity contribution in [2.24, 2.45) is 0 Å². The van der Waals surface area contributed by atoms with Crippen molar-refractivity contribution in [2.45, 2.75) is 6.42 Å². The number of rotatable bonds is 7. The molecule has 0 radical (unpaired) electrons. The minimum atomic E-state index is -0.642. The van der Waals surface area contributed by atoms with E-state index in [1.807, 2.05) is 4.98 Å². The van der Waals surface area contributed by atoms with E-state index in [1.54, 1.807) is 0 Å². The second-order valence-electron chi connectivity index (χ2n) is 3.48. The van der Waals surface area contributed by atoms with E-state index in [-0.39, 0.29) is 37.8 Å². The molecule has 0 unspecified atom stereocenters. The molecule has 18 heavy (non-hydrogen) atoms. The number of aliphatic hydroxyl groups excluding tert-OH is 1. The summed E-state index contributed by atoms with van der Waals surface area (Å²) < 4.78 is 4.94. The number of nitrogens with one attached hydrogen (secondary N) is 3. The maximum atomic E-state index is 11.4. The van der Waals surface area contributed by atoms with Gasteiger partial charge >= 0.3 is 5.69 Å². The Hall–Kier alpha value is -1.93. The first-order chi connectivity index (χ1) is 8.61. The quantitative estimate of drug-likeness (QED) is 0.410. The summed E-state index contributed by atoms with van der Waals surface area (Å²) in [5, 5.41) is 11.0. The molecular formula is C10H15N3O5.